The summed E-state index contributed by atoms with van der Waals surface area (Å²) in [4.78, 5) is 72.2. The lowest BCUT2D eigenvalue weighted by molar-refractivity contribution is -0.159. The van der Waals surface area contributed by atoms with Crippen molar-refractivity contribution in [2.45, 2.75) is 104 Å². The smallest absolute Gasteiger partial charge is 0.329 e. The van der Waals surface area contributed by atoms with Gasteiger partial charge in [0.1, 0.15) is 23.9 Å². The van der Waals surface area contributed by atoms with Gasteiger partial charge in [-0.1, -0.05) is 107 Å². The zero-order chi connectivity index (χ0) is 42.5. The lowest BCUT2D eigenvalue weighted by Crippen LogP contribution is -2.60. The Labute approximate surface area is 349 Å². The average molecular weight is 811 g/mol. The van der Waals surface area contributed by atoms with Gasteiger partial charge in [-0.15, -0.1) is 0 Å². The zero-order valence-corrected chi connectivity index (χ0v) is 35.4. The second-order valence-corrected chi connectivity index (χ2v) is 16.4. The highest BCUT2D eigenvalue weighted by molar-refractivity contribution is 5.88. The highest BCUT2D eigenvalue weighted by Crippen LogP contribution is 2.24. The van der Waals surface area contributed by atoms with Gasteiger partial charge < -0.3 is 40.5 Å². The van der Waals surface area contributed by atoms with Crippen LogP contribution in [0, 0.1) is 25.7 Å². The summed E-state index contributed by atoms with van der Waals surface area (Å²) in [5.74, 6) is -1.20. The molecule has 3 aromatic rings. The van der Waals surface area contributed by atoms with E-state index < -0.39 is 42.1 Å². The summed E-state index contributed by atoms with van der Waals surface area (Å²) in [5.41, 5.74) is 3.63. The number of ether oxygens (including phenoxy) is 2. The Balaban J connectivity index is 1.52. The lowest BCUT2D eigenvalue weighted by Gasteiger charge is -2.39. The van der Waals surface area contributed by atoms with E-state index in [4.69, 9.17) is 9.47 Å². The maximum absolute atomic E-state index is 14.6. The number of amides is 6. The SMILES string of the molecule is Cc1cccc(C)c1OCC(=O)N[C@@H](Cc1ccccc1)[C@H](C[C@H](Cc1ccccc1)NC(=O)[C@H](C(C)C)N1CCCNC1=O)OC(=O)C(C(C)C)N1CCCNC1=O. The largest absolute Gasteiger partial charge is 0.483 e. The number of nitrogens with one attached hydrogen (secondary N) is 4. The predicted octanol–water partition coefficient (Wildman–Crippen LogP) is 5.32. The molecule has 2 aliphatic heterocycles. The van der Waals surface area contributed by atoms with Crippen LogP contribution in [-0.4, -0.2) is 103 Å². The van der Waals surface area contributed by atoms with Gasteiger partial charge in [-0.25, -0.2) is 14.4 Å². The van der Waals surface area contributed by atoms with Crippen LogP contribution in [0.4, 0.5) is 9.59 Å². The van der Waals surface area contributed by atoms with Crippen LogP contribution in [0.1, 0.15) is 69.2 Å². The van der Waals surface area contributed by atoms with E-state index in [9.17, 15) is 24.0 Å². The number of aryl methyl sites for hydroxylation is 2. The van der Waals surface area contributed by atoms with Crippen molar-refractivity contribution in [2.75, 3.05) is 32.8 Å². The van der Waals surface area contributed by atoms with Crippen molar-refractivity contribution in [2.24, 2.45) is 11.8 Å². The Bertz CT molecular complexity index is 1850. The Morgan fingerprint density at radius 3 is 1.75 bits per heavy atom. The molecule has 0 aromatic heterocycles. The number of carbonyl (C=O) groups excluding carboxylic acids is 5. The van der Waals surface area contributed by atoms with Gasteiger partial charge >= 0.3 is 18.0 Å². The molecular formula is C46H62N6O7. The molecular weight excluding hydrogens is 749 g/mol. The zero-order valence-electron chi connectivity index (χ0n) is 35.4. The summed E-state index contributed by atoms with van der Waals surface area (Å²) in [6.45, 7) is 13.0. The van der Waals surface area contributed by atoms with Gasteiger partial charge in [0, 0.05) is 38.6 Å². The van der Waals surface area contributed by atoms with Crippen molar-refractivity contribution in [3.05, 3.63) is 101 Å². The van der Waals surface area contributed by atoms with Gasteiger partial charge in [-0.2, -0.15) is 0 Å². The van der Waals surface area contributed by atoms with Gasteiger partial charge in [-0.3, -0.25) is 9.59 Å². The number of urea groups is 2. The fourth-order valence-corrected chi connectivity index (χ4v) is 8.12. The Morgan fingerprint density at radius 2 is 1.22 bits per heavy atom. The molecule has 0 aliphatic carbocycles. The third-order valence-corrected chi connectivity index (χ3v) is 11.0. The molecule has 6 amide bonds. The molecule has 2 heterocycles. The topological polar surface area (TPSA) is 158 Å². The highest BCUT2D eigenvalue weighted by atomic mass is 16.5. The highest BCUT2D eigenvalue weighted by Gasteiger charge is 2.40. The average Bonchev–Trinajstić information content (AvgIpc) is 3.19. The molecule has 0 bridgehead atoms. The number of rotatable bonds is 19. The van der Waals surface area contributed by atoms with E-state index >= 15 is 0 Å². The minimum absolute atomic E-state index is 0.107. The van der Waals surface area contributed by atoms with E-state index in [1.54, 1.807) is 4.90 Å². The number of carbonyl (C=O) groups is 5. The number of benzene rings is 3. The molecule has 3 aromatic carbocycles. The van der Waals surface area contributed by atoms with E-state index in [0.29, 0.717) is 57.6 Å². The van der Waals surface area contributed by atoms with Gasteiger partial charge in [0.15, 0.2) is 6.61 Å². The quantitative estimate of drug-likeness (QED) is 0.119. The Hall–Kier alpha value is -5.59. The standard InChI is InChI=1S/C46H62N6O7/c1-30(2)40(51-24-14-22-47-45(51)56)43(54)49-36(26-34-18-9-7-10-19-34)28-38(59-44(55)41(31(3)4)52-25-15-23-48-46(52)57)37(27-35-20-11-8-12-21-35)50-39(53)29-58-42-32(5)16-13-17-33(42)6/h7-13,16-21,30-31,36-38,40-41H,14-15,22-29H2,1-6H3,(H,47,56)(H,48,57)(H,49,54)(H,50,53)/t36-,37-,38-,40-,41?/m0/s1. The normalized spacial score (nSPS) is 16.9. The van der Waals surface area contributed by atoms with Crippen molar-refractivity contribution in [1.29, 1.82) is 0 Å². The molecule has 2 saturated heterocycles. The molecule has 2 fully saturated rings. The molecule has 1 unspecified atom stereocenters. The summed E-state index contributed by atoms with van der Waals surface area (Å²) in [5, 5.41) is 12.1. The Kier molecular flexibility index (Phi) is 16.2. The van der Waals surface area contributed by atoms with Crippen LogP contribution in [0.3, 0.4) is 0 Å². The van der Waals surface area contributed by atoms with Crippen LogP contribution in [0.5, 0.6) is 5.75 Å². The first kappa shape index (κ1) is 44.5. The molecule has 0 saturated carbocycles. The van der Waals surface area contributed by atoms with Crippen molar-refractivity contribution in [3.63, 3.8) is 0 Å². The molecule has 5 atom stereocenters. The first-order chi connectivity index (χ1) is 28.3. The monoisotopic (exact) mass is 810 g/mol. The maximum Gasteiger partial charge on any atom is 0.329 e. The summed E-state index contributed by atoms with van der Waals surface area (Å²) >= 11 is 0. The summed E-state index contributed by atoms with van der Waals surface area (Å²) < 4.78 is 12.6. The molecule has 318 valence electrons. The summed E-state index contributed by atoms with van der Waals surface area (Å²) in [6, 6.07) is 21.4. The molecule has 13 nitrogen and oxygen atoms in total. The molecule has 4 N–H and O–H groups in total. The van der Waals surface area contributed by atoms with E-state index in [2.05, 4.69) is 21.3 Å². The van der Waals surface area contributed by atoms with Crippen LogP contribution < -0.4 is 26.0 Å². The maximum atomic E-state index is 14.6. The number of para-hydroxylation sites is 1. The molecule has 5 rings (SSSR count). The second kappa shape index (κ2) is 21.4. The first-order valence-corrected chi connectivity index (χ1v) is 21.0. The molecule has 0 radical (unpaired) electrons. The molecule has 0 spiro atoms. The van der Waals surface area contributed by atoms with Gasteiger partial charge in [0.05, 0.1) is 6.04 Å². The van der Waals surface area contributed by atoms with Gasteiger partial charge in [0.2, 0.25) is 5.91 Å². The van der Waals surface area contributed by atoms with Crippen LogP contribution in [0.15, 0.2) is 78.9 Å². The van der Waals surface area contributed by atoms with E-state index in [1.807, 2.05) is 120 Å². The lowest BCUT2D eigenvalue weighted by atomic mass is 9.92. The van der Waals surface area contributed by atoms with Crippen LogP contribution in [0.2, 0.25) is 0 Å². The van der Waals surface area contributed by atoms with E-state index in [-0.39, 0.29) is 42.8 Å². The van der Waals surface area contributed by atoms with E-state index in [0.717, 1.165) is 22.3 Å². The minimum Gasteiger partial charge on any atom is -0.483 e. The Morgan fingerprint density at radius 1 is 0.695 bits per heavy atom. The predicted molar refractivity (Wildman–Crippen MR) is 227 cm³/mol. The number of hydrogen-bond acceptors (Lipinski definition) is 7. The third-order valence-electron chi connectivity index (χ3n) is 11.0. The number of nitrogens with zero attached hydrogens (tertiary/aromatic N) is 2. The van der Waals surface area contributed by atoms with Gasteiger partial charge in [-0.05, 0) is 73.6 Å². The molecule has 2 aliphatic rings. The first-order valence-electron chi connectivity index (χ1n) is 21.0. The van der Waals surface area contributed by atoms with E-state index in [1.165, 1.54) is 4.90 Å². The van der Waals surface area contributed by atoms with Crippen LogP contribution in [0.25, 0.3) is 0 Å². The van der Waals surface area contributed by atoms with Crippen molar-refractivity contribution in [1.82, 2.24) is 31.1 Å². The fourth-order valence-electron chi connectivity index (χ4n) is 8.12. The number of hydrogen-bond donors (Lipinski definition) is 4. The van der Waals surface area contributed by atoms with Crippen molar-refractivity contribution in [3.8, 4) is 5.75 Å². The molecule has 59 heavy (non-hydrogen) atoms. The third kappa shape index (κ3) is 12.5. The number of esters is 1. The van der Waals surface area contributed by atoms with Gasteiger partial charge in [0.25, 0.3) is 5.91 Å². The summed E-state index contributed by atoms with van der Waals surface area (Å²) in [7, 11) is 0. The van der Waals surface area contributed by atoms with Crippen molar-refractivity contribution >= 4 is 29.8 Å². The fraction of sp³-hybridized carbons (Fsp3) is 0.500. The van der Waals surface area contributed by atoms with Crippen molar-refractivity contribution < 1.29 is 33.4 Å². The van der Waals surface area contributed by atoms with Crippen LogP contribution >= 0.6 is 0 Å². The molecule has 13 heteroatoms. The van der Waals surface area contributed by atoms with Crippen LogP contribution in [-0.2, 0) is 32.0 Å². The summed E-state index contributed by atoms with van der Waals surface area (Å²) in [6.07, 6.45) is 1.19. The second-order valence-electron chi connectivity index (χ2n) is 16.4. The minimum atomic E-state index is -0.981.